The lowest BCUT2D eigenvalue weighted by Crippen LogP contribution is -2.01. The molecule has 3 aromatic carbocycles. The van der Waals surface area contributed by atoms with Crippen molar-refractivity contribution in [1.82, 2.24) is 4.40 Å². The minimum atomic E-state index is -0.835. The molecule has 0 radical (unpaired) electrons. The first-order chi connectivity index (χ1) is 15.3. The van der Waals surface area contributed by atoms with Crippen molar-refractivity contribution in [2.45, 2.75) is 6.10 Å². The molecule has 2 aromatic heterocycles. The summed E-state index contributed by atoms with van der Waals surface area (Å²) >= 11 is 0. The zero-order valence-electron chi connectivity index (χ0n) is 16.8. The molecule has 5 rings (SSSR count). The largest absolute Gasteiger partial charge is 0.384 e. The maximum absolute atomic E-state index is 11.6. The molecule has 0 aliphatic carbocycles. The van der Waals surface area contributed by atoms with E-state index in [-0.39, 0.29) is 0 Å². The summed E-state index contributed by atoms with van der Waals surface area (Å²) < 4.78 is 2.08. The summed E-state index contributed by atoms with van der Waals surface area (Å²) in [4.78, 5) is 0. The first-order valence-electron chi connectivity index (χ1n) is 10.2. The predicted octanol–water partition coefficient (Wildman–Crippen LogP) is 6.23. The highest BCUT2D eigenvalue weighted by atomic mass is 16.3. The van der Waals surface area contributed by atoms with Crippen LogP contribution in [0.25, 0.3) is 27.9 Å². The number of benzene rings is 3. The third kappa shape index (κ3) is 3.30. The molecule has 0 amide bonds. The van der Waals surface area contributed by atoms with Crippen molar-refractivity contribution < 1.29 is 5.11 Å². The van der Waals surface area contributed by atoms with Crippen molar-refractivity contribution in [1.29, 1.82) is 5.26 Å². The van der Waals surface area contributed by atoms with Crippen LogP contribution in [0.1, 0.15) is 22.8 Å². The molecule has 3 heteroatoms. The van der Waals surface area contributed by atoms with E-state index < -0.39 is 6.10 Å². The molecule has 3 nitrogen and oxygen atoms in total. The predicted molar refractivity (Wildman–Crippen MR) is 123 cm³/mol. The Labute approximate surface area is 181 Å². The molecule has 1 atom stereocenters. The molecular weight excluding hydrogens is 380 g/mol. The number of aliphatic hydroxyl groups excluding tert-OH is 1. The van der Waals surface area contributed by atoms with Crippen LogP contribution in [0.3, 0.4) is 0 Å². The van der Waals surface area contributed by atoms with Gasteiger partial charge in [0, 0.05) is 17.3 Å². The first-order valence-corrected chi connectivity index (χ1v) is 10.2. The summed E-state index contributed by atoms with van der Waals surface area (Å²) in [7, 11) is 0. The third-order valence-electron chi connectivity index (χ3n) is 5.61. The van der Waals surface area contributed by atoms with Crippen LogP contribution in [0, 0.1) is 11.3 Å². The Bertz CT molecular complexity index is 1380. The SMILES string of the molecule is N#Cc1ccn2c(-c3ccccc3)c(-c3ccccc3)c(C(O)c3ccccc3)c2c1. The van der Waals surface area contributed by atoms with Crippen LogP contribution in [0.4, 0.5) is 0 Å². The number of aliphatic hydroxyl groups is 1. The molecule has 0 saturated carbocycles. The summed E-state index contributed by atoms with van der Waals surface area (Å²) in [6.45, 7) is 0. The van der Waals surface area contributed by atoms with Crippen LogP contribution >= 0.6 is 0 Å². The lowest BCUT2D eigenvalue weighted by atomic mass is 9.92. The number of nitrogens with zero attached hydrogens (tertiary/aromatic N) is 2. The van der Waals surface area contributed by atoms with Gasteiger partial charge in [-0.25, -0.2) is 0 Å². The van der Waals surface area contributed by atoms with E-state index in [0.717, 1.165) is 39.0 Å². The quantitative estimate of drug-likeness (QED) is 0.389. The normalized spacial score (nSPS) is 11.9. The van der Waals surface area contributed by atoms with E-state index in [2.05, 4.69) is 34.7 Å². The zero-order valence-corrected chi connectivity index (χ0v) is 16.8. The van der Waals surface area contributed by atoms with E-state index in [1.807, 2.05) is 85.1 Å². The van der Waals surface area contributed by atoms with Gasteiger partial charge < -0.3 is 9.51 Å². The number of aromatic nitrogens is 1. The molecule has 0 bridgehead atoms. The number of hydrogen-bond donors (Lipinski definition) is 1. The Morgan fingerprint density at radius 1 is 0.742 bits per heavy atom. The summed E-state index contributed by atoms with van der Waals surface area (Å²) in [5, 5.41) is 21.1. The van der Waals surface area contributed by atoms with Crippen molar-refractivity contribution in [2.24, 2.45) is 0 Å². The van der Waals surface area contributed by atoms with Gasteiger partial charge in [0.1, 0.15) is 6.10 Å². The van der Waals surface area contributed by atoms with Gasteiger partial charge in [-0.3, -0.25) is 0 Å². The lowest BCUT2D eigenvalue weighted by Gasteiger charge is -2.14. The maximum atomic E-state index is 11.6. The van der Waals surface area contributed by atoms with E-state index in [1.54, 1.807) is 0 Å². The van der Waals surface area contributed by atoms with Crippen LogP contribution in [-0.4, -0.2) is 9.51 Å². The van der Waals surface area contributed by atoms with Crippen molar-refractivity contribution >= 4 is 5.52 Å². The number of nitriles is 1. The summed E-state index contributed by atoms with van der Waals surface area (Å²) in [5.74, 6) is 0. The van der Waals surface area contributed by atoms with Crippen molar-refractivity contribution in [3.63, 3.8) is 0 Å². The fraction of sp³-hybridized carbons (Fsp3) is 0.0357. The van der Waals surface area contributed by atoms with Gasteiger partial charge in [0.15, 0.2) is 0 Å². The number of hydrogen-bond acceptors (Lipinski definition) is 2. The fourth-order valence-electron chi connectivity index (χ4n) is 4.20. The average molecular weight is 400 g/mol. The topological polar surface area (TPSA) is 48.4 Å². The van der Waals surface area contributed by atoms with Crippen LogP contribution in [0.2, 0.25) is 0 Å². The van der Waals surface area contributed by atoms with Gasteiger partial charge in [0.05, 0.1) is 22.8 Å². The Morgan fingerprint density at radius 3 is 1.94 bits per heavy atom. The Kier molecular flexibility index (Phi) is 4.84. The molecule has 0 aliphatic heterocycles. The molecular formula is C28H20N2O. The monoisotopic (exact) mass is 400 g/mol. The molecule has 2 heterocycles. The highest BCUT2D eigenvalue weighted by Gasteiger charge is 2.26. The van der Waals surface area contributed by atoms with Crippen molar-refractivity contribution in [3.05, 3.63) is 126 Å². The van der Waals surface area contributed by atoms with E-state index in [1.165, 1.54) is 0 Å². The van der Waals surface area contributed by atoms with Crippen LogP contribution in [0.15, 0.2) is 109 Å². The molecule has 0 spiro atoms. The first kappa shape index (κ1) is 18.9. The standard InChI is InChI=1S/C28H20N2O/c29-19-20-16-17-30-24(18-20)26(28(31)23-14-8-3-9-15-23)25(21-10-4-1-5-11-21)27(30)22-12-6-2-7-13-22/h1-18,28,31H. The summed E-state index contributed by atoms with van der Waals surface area (Å²) in [6.07, 6.45) is 1.09. The second-order valence-electron chi connectivity index (χ2n) is 7.47. The van der Waals surface area contributed by atoms with Crippen LogP contribution in [0.5, 0.6) is 0 Å². The minimum absolute atomic E-state index is 0.561. The molecule has 5 aromatic rings. The van der Waals surface area contributed by atoms with Gasteiger partial charge in [-0.1, -0.05) is 91.0 Å². The molecule has 0 fully saturated rings. The summed E-state index contributed by atoms with van der Waals surface area (Å²) in [6, 6.07) is 35.9. The smallest absolute Gasteiger partial charge is 0.107 e. The molecule has 31 heavy (non-hydrogen) atoms. The molecule has 0 saturated heterocycles. The van der Waals surface area contributed by atoms with Gasteiger partial charge in [-0.15, -0.1) is 0 Å². The molecule has 1 N–H and O–H groups in total. The highest BCUT2D eigenvalue weighted by Crippen LogP contribution is 2.43. The number of fused-ring (bicyclic) bond motifs is 1. The fourth-order valence-corrected chi connectivity index (χ4v) is 4.20. The van der Waals surface area contributed by atoms with Gasteiger partial charge in [0.2, 0.25) is 0 Å². The highest BCUT2D eigenvalue weighted by molar-refractivity contribution is 5.92. The van der Waals surface area contributed by atoms with E-state index in [9.17, 15) is 10.4 Å². The lowest BCUT2D eigenvalue weighted by molar-refractivity contribution is 0.222. The summed E-state index contributed by atoms with van der Waals surface area (Å²) in [5.41, 5.74) is 7.04. The van der Waals surface area contributed by atoms with Gasteiger partial charge >= 0.3 is 0 Å². The Hall–Kier alpha value is -4.13. The zero-order chi connectivity index (χ0) is 21.2. The molecule has 0 aliphatic rings. The third-order valence-corrected chi connectivity index (χ3v) is 5.61. The minimum Gasteiger partial charge on any atom is -0.384 e. The molecule has 148 valence electrons. The number of pyridine rings is 1. The van der Waals surface area contributed by atoms with Crippen molar-refractivity contribution in [3.8, 4) is 28.5 Å². The van der Waals surface area contributed by atoms with Gasteiger partial charge in [-0.05, 0) is 28.8 Å². The average Bonchev–Trinajstić information content (AvgIpc) is 3.19. The van der Waals surface area contributed by atoms with Gasteiger partial charge in [-0.2, -0.15) is 5.26 Å². The van der Waals surface area contributed by atoms with E-state index >= 15 is 0 Å². The van der Waals surface area contributed by atoms with Crippen LogP contribution in [-0.2, 0) is 0 Å². The second kappa shape index (κ2) is 7.95. The number of rotatable bonds is 4. The maximum Gasteiger partial charge on any atom is 0.107 e. The molecule has 1 unspecified atom stereocenters. The Morgan fingerprint density at radius 2 is 1.32 bits per heavy atom. The second-order valence-corrected chi connectivity index (χ2v) is 7.47. The van der Waals surface area contributed by atoms with E-state index in [4.69, 9.17) is 0 Å². The van der Waals surface area contributed by atoms with E-state index in [0.29, 0.717) is 5.56 Å². The van der Waals surface area contributed by atoms with Gasteiger partial charge in [0.25, 0.3) is 0 Å². The Balaban J connectivity index is 1.93. The van der Waals surface area contributed by atoms with Crippen LogP contribution < -0.4 is 0 Å². The van der Waals surface area contributed by atoms with Crippen molar-refractivity contribution in [2.75, 3.05) is 0 Å².